The minimum atomic E-state index is 0.342. The molecule has 0 amide bonds. The van der Waals surface area contributed by atoms with Crippen LogP contribution < -0.4 is 5.32 Å². The topological polar surface area (TPSA) is 32.3 Å². The lowest BCUT2D eigenvalue weighted by molar-refractivity contribution is 0.282. The molecule has 78 valence electrons. The zero-order valence-electron chi connectivity index (χ0n) is 8.76. The van der Waals surface area contributed by atoms with Crippen LogP contribution in [0.2, 0.25) is 0 Å². The van der Waals surface area contributed by atoms with Crippen molar-refractivity contribution >= 4 is 0 Å². The summed E-state index contributed by atoms with van der Waals surface area (Å²) >= 11 is 0. The highest BCUT2D eigenvalue weighted by atomic mass is 16.2. The van der Waals surface area contributed by atoms with E-state index in [1.165, 1.54) is 12.8 Å². The fourth-order valence-corrected chi connectivity index (χ4v) is 1.19. The highest BCUT2D eigenvalue weighted by molar-refractivity contribution is 4.77. The summed E-state index contributed by atoms with van der Waals surface area (Å²) in [7, 11) is 0. The summed E-state index contributed by atoms with van der Waals surface area (Å²) in [6.07, 6.45) is 9.98. The number of unbranched alkanes of at least 4 members (excludes halogenated alkanes) is 3. The third kappa shape index (κ3) is 11.7. The molecule has 2 nitrogen and oxygen atoms in total. The van der Waals surface area contributed by atoms with E-state index in [-0.39, 0.29) is 0 Å². The number of aliphatic hydroxyl groups excluding tert-OH is 1. The van der Waals surface area contributed by atoms with E-state index in [0.29, 0.717) is 6.61 Å². The first-order valence-corrected chi connectivity index (χ1v) is 5.34. The number of allylic oxidation sites excluding steroid dienone is 1. The molecule has 0 saturated heterocycles. The lowest BCUT2D eigenvalue weighted by atomic mass is 10.2. The Hall–Kier alpha value is -0.340. The number of nitrogens with one attached hydrogen (secondary N) is 1. The average Bonchev–Trinajstić information content (AvgIpc) is 2.16. The van der Waals surface area contributed by atoms with Crippen molar-refractivity contribution in [3.8, 4) is 0 Å². The van der Waals surface area contributed by atoms with E-state index in [9.17, 15) is 0 Å². The molecule has 0 bridgehead atoms. The van der Waals surface area contributed by atoms with Crippen molar-refractivity contribution < 1.29 is 5.11 Å². The minimum absolute atomic E-state index is 0.342. The van der Waals surface area contributed by atoms with Crippen LogP contribution in [0.25, 0.3) is 0 Å². The van der Waals surface area contributed by atoms with Crippen molar-refractivity contribution in [2.45, 2.75) is 39.0 Å². The molecule has 0 atom stereocenters. The van der Waals surface area contributed by atoms with Crippen molar-refractivity contribution in [3.63, 3.8) is 0 Å². The van der Waals surface area contributed by atoms with E-state index in [4.69, 9.17) is 5.11 Å². The zero-order valence-corrected chi connectivity index (χ0v) is 8.76. The molecule has 2 heteroatoms. The first kappa shape index (κ1) is 12.7. The quantitative estimate of drug-likeness (QED) is 0.426. The van der Waals surface area contributed by atoms with Gasteiger partial charge >= 0.3 is 0 Å². The van der Waals surface area contributed by atoms with E-state index in [1.807, 2.05) is 0 Å². The molecule has 0 rings (SSSR count). The number of aliphatic hydroxyl groups is 1. The maximum absolute atomic E-state index is 8.54. The Labute approximate surface area is 82.0 Å². The molecular weight excluding hydrogens is 162 g/mol. The fraction of sp³-hybridized carbons (Fsp3) is 0.818. The fourth-order valence-electron chi connectivity index (χ4n) is 1.19. The van der Waals surface area contributed by atoms with Gasteiger partial charge in [-0.3, -0.25) is 0 Å². The van der Waals surface area contributed by atoms with Crippen molar-refractivity contribution in [3.05, 3.63) is 12.2 Å². The van der Waals surface area contributed by atoms with Gasteiger partial charge in [0, 0.05) is 6.61 Å². The molecule has 0 unspecified atom stereocenters. The van der Waals surface area contributed by atoms with E-state index in [2.05, 4.69) is 24.4 Å². The van der Waals surface area contributed by atoms with Crippen LogP contribution >= 0.6 is 0 Å². The van der Waals surface area contributed by atoms with E-state index >= 15 is 0 Å². The van der Waals surface area contributed by atoms with Gasteiger partial charge in [-0.1, -0.05) is 25.0 Å². The lowest BCUT2D eigenvalue weighted by Gasteiger charge is -2.01. The van der Waals surface area contributed by atoms with Crippen LogP contribution in [0.3, 0.4) is 0 Å². The monoisotopic (exact) mass is 185 g/mol. The van der Waals surface area contributed by atoms with Crippen LogP contribution in [-0.2, 0) is 0 Å². The summed E-state index contributed by atoms with van der Waals surface area (Å²) in [6.45, 7) is 4.59. The number of rotatable bonds is 9. The molecule has 0 aliphatic rings. The van der Waals surface area contributed by atoms with Crippen molar-refractivity contribution in [2.24, 2.45) is 0 Å². The molecule has 0 radical (unpaired) electrons. The predicted octanol–water partition coefficient (Wildman–Crippen LogP) is 2.09. The highest BCUT2D eigenvalue weighted by Crippen LogP contribution is 1.97. The molecule has 0 aliphatic heterocycles. The van der Waals surface area contributed by atoms with Gasteiger partial charge in [0.15, 0.2) is 0 Å². The van der Waals surface area contributed by atoms with Crippen LogP contribution in [0, 0.1) is 0 Å². The molecule has 0 fully saturated rings. The third-order valence-corrected chi connectivity index (χ3v) is 1.99. The van der Waals surface area contributed by atoms with Crippen molar-refractivity contribution in [2.75, 3.05) is 19.7 Å². The van der Waals surface area contributed by atoms with E-state index in [0.717, 1.165) is 32.4 Å². The largest absolute Gasteiger partial charge is 0.396 e. The second-order valence-corrected chi connectivity index (χ2v) is 3.25. The van der Waals surface area contributed by atoms with Gasteiger partial charge in [0.1, 0.15) is 0 Å². The molecule has 0 aromatic carbocycles. The first-order chi connectivity index (χ1) is 6.41. The molecule has 0 heterocycles. The van der Waals surface area contributed by atoms with Crippen LogP contribution in [0.4, 0.5) is 0 Å². The summed E-state index contributed by atoms with van der Waals surface area (Å²) in [5, 5.41) is 11.9. The first-order valence-electron chi connectivity index (χ1n) is 5.34. The SMILES string of the molecule is C/C=C/CCNCCCCCCO. The van der Waals surface area contributed by atoms with Gasteiger partial charge < -0.3 is 10.4 Å². The Balaban J connectivity index is 2.83. The number of hydrogen-bond acceptors (Lipinski definition) is 2. The average molecular weight is 185 g/mol. The Kier molecular flexibility index (Phi) is 11.4. The maximum atomic E-state index is 8.54. The van der Waals surface area contributed by atoms with Gasteiger partial charge in [0.05, 0.1) is 0 Å². The maximum Gasteiger partial charge on any atom is 0.0431 e. The molecule has 13 heavy (non-hydrogen) atoms. The zero-order chi connectivity index (χ0) is 9.78. The van der Waals surface area contributed by atoms with Gasteiger partial charge in [-0.2, -0.15) is 0 Å². The Morgan fingerprint density at radius 2 is 1.85 bits per heavy atom. The van der Waals surface area contributed by atoms with E-state index < -0.39 is 0 Å². The van der Waals surface area contributed by atoms with Crippen molar-refractivity contribution in [1.82, 2.24) is 5.32 Å². The van der Waals surface area contributed by atoms with Gasteiger partial charge in [0.25, 0.3) is 0 Å². The highest BCUT2D eigenvalue weighted by Gasteiger charge is 1.88. The molecule has 0 aliphatic carbocycles. The Morgan fingerprint density at radius 3 is 2.54 bits per heavy atom. The molecule has 0 aromatic rings. The summed E-state index contributed by atoms with van der Waals surface area (Å²) in [5.41, 5.74) is 0. The smallest absolute Gasteiger partial charge is 0.0431 e. The van der Waals surface area contributed by atoms with Gasteiger partial charge in [-0.25, -0.2) is 0 Å². The van der Waals surface area contributed by atoms with E-state index in [1.54, 1.807) is 0 Å². The molecule has 0 saturated carbocycles. The molecule has 2 N–H and O–H groups in total. The summed E-state index contributed by atoms with van der Waals surface area (Å²) in [4.78, 5) is 0. The van der Waals surface area contributed by atoms with Crippen molar-refractivity contribution in [1.29, 1.82) is 0 Å². The molecular formula is C11H23NO. The van der Waals surface area contributed by atoms with Crippen LogP contribution in [0.15, 0.2) is 12.2 Å². The third-order valence-electron chi connectivity index (χ3n) is 1.99. The van der Waals surface area contributed by atoms with Crippen LogP contribution in [-0.4, -0.2) is 24.8 Å². The summed E-state index contributed by atoms with van der Waals surface area (Å²) < 4.78 is 0. The van der Waals surface area contributed by atoms with Gasteiger partial charge in [0.2, 0.25) is 0 Å². The Bertz CT molecular complexity index is 113. The van der Waals surface area contributed by atoms with Crippen LogP contribution in [0.1, 0.15) is 39.0 Å². The van der Waals surface area contributed by atoms with Gasteiger partial charge in [-0.05, 0) is 39.3 Å². The lowest BCUT2D eigenvalue weighted by Crippen LogP contribution is -2.15. The normalized spacial score (nSPS) is 11.2. The molecule has 0 spiro atoms. The number of hydrogen-bond donors (Lipinski definition) is 2. The standard InChI is InChI=1S/C11H23NO/c1-2-3-6-9-12-10-7-4-5-8-11-13/h2-3,12-13H,4-11H2,1H3/b3-2+. The molecule has 0 aromatic heterocycles. The second kappa shape index (κ2) is 11.7. The Morgan fingerprint density at radius 1 is 1.08 bits per heavy atom. The minimum Gasteiger partial charge on any atom is -0.396 e. The predicted molar refractivity (Wildman–Crippen MR) is 57.9 cm³/mol. The van der Waals surface area contributed by atoms with Crippen LogP contribution in [0.5, 0.6) is 0 Å². The second-order valence-electron chi connectivity index (χ2n) is 3.25. The summed E-state index contributed by atoms with van der Waals surface area (Å²) in [5.74, 6) is 0. The summed E-state index contributed by atoms with van der Waals surface area (Å²) in [6, 6.07) is 0. The van der Waals surface area contributed by atoms with Gasteiger partial charge in [-0.15, -0.1) is 0 Å².